The highest BCUT2D eigenvalue weighted by atomic mass is 16.2. The predicted molar refractivity (Wildman–Crippen MR) is 78.3 cm³/mol. The Morgan fingerprint density at radius 3 is 2.50 bits per heavy atom. The molecule has 1 aromatic rings. The number of hydrogen-bond acceptors (Lipinski definition) is 8. The van der Waals surface area contributed by atoms with Crippen LogP contribution in [0.2, 0.25) is 0 Å². The summed E-state index contributed by atoms with van der Waals surface area (Å²) in [5.74, 6) is 6.16. The summed E-state index contributed by atoms with van der Waals surface area (Å²) in [5.41, 5.74) is 2.37. The third-order valence-electron chi connectivity index (χ3n) is 2.44. The highest BCUT2D eigenvalue weighted by molar-refractivity contribution is 5.83. The second-order valence-corrected chi connectivity index (χ2v) is 4.48. The maximum Gasteiger partial charge on any atom is 0.243 e. The molecule has 1 amide bonds. The van der Waals surface area contributed by atoms with Gasteiger partial charge in [0.2, 0.25) is 23.8 Å². The number of rotatable bonds is 7. The van der Waals surface area contributed by atoms with E-state index in [0.717, 1.165) is 6.42 Å². The van der Waals surface area contributed by atoms with E-state index in [2.05, 4.69) is 31.0 Å². The van der Waals surface area contributed by atoms with Crippen molar-refractivity contribution in [1.29, 1.82) is 0 Å². The molecule has 20 heavy (non-hydrogen) atoms. The van der Waals surface area contributed by atoms with E-state index in [1.165, 1.54) is 0 Å². The van der Waals surface area contributed by atoms with Gasteiger partial charge in [-0.25, -0.2) is 5.84 Å². The van der Waals surface area contributed by atoms with E-state index in [0.29, 0.717) is 12.5 Å². The quantitative estimate of drug-likeness (QED) is 0.392. The lowest BCUT2D eigenvalue weighted by molar-refractivity contribution is -0.121. The van der Waals surface area contributed by atoms with Crippen LogP contribution in [0.25, 0.3) is 0 Å². The Morgan fingerprint density at radius 1 is 1.30 bits per heavy atom. The first-order chi connectivity index (χ1) is 9.47. The lowest BCUT2D eigenvalue weighted by atomic mass is 10.3. The molecule has 1 aromatic heterocycles. The molecular weight excluding hydrogens is 260 g/mol. The van der Waals surface area contributed by atoms with Crippen LogP contribution in [0.15, 0.2) is 0 Å². The highest BCUT2D eigenvalue weighted by Gasteiger charge is 2.15. The minimum Gasteiger partial charge on any atom is -0.354 e. The molecule has 1 unspecified atom stereocenters. The van der Waals surface area contributed by atoms with Crippen LogP contribution in [0, 0.1) is 0 Å². The van der Waals surface area contributed by atoms with Crippen molar-refractivity contribution in [1.82, 2.24) is 20.3 Å². The molecule has 0 radical (unpaired) electrons. The number of carbonyl (C=O) groups excluding carboxylic acids is 1. The third-order valence-corrected chi connectivity index (χ3v) is 2.44. The van der Waals surface area contributed by atoms with Crippen LogP contribution in [-0.2, 0) is 4.79 Å². The summed E-state index contributed by atoms with van der Waals surface area (Å²) < 4.78 is 0. The molecule has 0 fully saturated rings. The number of nitrogens with zero attached hydrogens (tertiary/aromatic N) is 4. The van der Waals surface area contributed by atoms with Gasteiger partial charge in [0.25, 0.3) is 0 Å². The van der Waals surface area contributed by atoms with E-state index in [9.17, 15) is 4.79 Å². The van der Waals surface area contributed by atoms with Crippen molar-refractivity contribution in [2.24, 2.45) is 5.84 Å². The molecule has 9 nitrogen and oxygen atoms in total. The van der Waals surface area contributed by atoms with Gasteiger partial charge in [0, 0.05) is 20.6 Å². The first-order valence-electron chi connectivity index (χ1n) is 6.42. The third kappa shape index (κ3) is 4.50. The van der Waals surface area contributed by atoms with Crippen molar-refractivity contribution >= 4 is 23.8 Å². The number of carbonyl (C=O) groups is 1. The number of aromatic nitrogens is 3. The fraction of sp³-hybridized carbons (Fsp3) is 0.636. The van der Waals surface area contributed by atoms with Gasteiger partial charge in [-0.05, 0) is 13.3 Å². The molecule has 0 saturated heterocycles. The molecular formula is C11H22N8O. The number of nitrogens with two attached hydrogens (primary N) is 1. The average molecular weight is 282 g/mol. The van der Waals surface area contributed by atoms with Crippen LogP contribution in [0.4, 0.5) is 17.8 Å². The minimum absolute atomic E-state index is 0.110. The van der Waals surface area contributed by atoms with Crippen LogP contribution in [0.3, 0.4) is 0 Å². The Kier molecular flexibility index (Phi) is 5.91. The standard InChI is InChI=1S/C11H22N8O/c1-5-6-13-8(20)7(2)14-9-15-10(18-12)17-11(16-9)19(3)4/h7H,5-6,12H2,1-4H3,(H,13,20)(H2,14,15,16,17,18). The number of nitrogen functional groups attached to an aromatic ring is 1. The van der Waals surface area contributed by atoms with E-state index in [4.69, 9.17) is 5.84 Å². The van der Waals surface area contributed by atoms with Gasteiger partial charge in [-0.1, -0.05) is 6.92 Å². The lowest BCUT2D eigenvalue weighted by Gasteiger charge is -2.16. The second kappa shape index (κ2) is 7.43. The maximum atomic E-state index is 11.8. The summed E-state index contributed by atoms with van der Waals surface area (Å²) >= 11 is 0. The predicted octanol–water partition coefficient (Wildman–Crippen LogP) is -0.450. The molecule has 0 aliphatic carbocycles. The summed E-state index contributed by atoms with van der Waals surface area (Å²) in [6.45, 7) is 4.37. The zero-order valence-corrected chi connectivity index (χ0v) is 12.3. The van der Waals surface area contributed by atoms with Gasteiger partial charge in [0.1, 0.15) is 6.04 Å². The van der Waals surface area contributed by atoms with Crippen LogP contribution in [-0.4, -0.2) is 47.5 Å². The smallest absolute Gasteiger partial charge is 0.243 e. The van der Waals surface area contributed by atoms with Gasteiger partial charge in [0.05, 0.1) is 0 Å². The van der Waals surface area contributed by atoms with E-state index >= 15 is 0 Å². The summed E-state index contributed by atoms with van der Waals surface area (Å²) in [4.78, 5) is 25.8. The number of hydrazine groups is 1. The van der Waals surface area contributed by atoms with Crippen LogP contribution in [0.5, 0.6) is 0 Å². The second-order valence-electron chi connectivity index (χ2n) is 4.48. The van der Waals surface area contributed by atoms with Crippen molar-refractivity contribution in [3.05, 3.63) is 0 Å². The summed E-state index contributed by atoms with van der Waals surface area (Å²) in [6, 6.07) is -0.454. The molecule has 0 aliphatic heterocycles. The number of amides is 1. The van der Waals surface area contributed by atoms with Gasteiger partial charge in [-0.15, -0.1) is 0 Å². The van der Waals surface area contributed by atoms with Crippen LogP contribution >= 0.6 is 0 Å². The van der Waals surface area contributed by atoms with Gasteiger partial charge in [-0.3, -0.25) is 10.2 Å². The van der Waals surface area contributed by atoms with Gasteiger partial charge >= 0.3 is 0 Å². The monoisotopic (exact) mass is 282 g/mol. The van der Waals surface area contributed by atoms with E-state index < -0.39 is 6.04 Å². The van der Waals surface area contributed by atoms with E-state index in [-0.39, 0.29) is 17.8 Å². The van der Waals surface area contributed by atoms with Crippen LogP contribution in [0.1, 0.15) is 20.3 Å². The number of anilines is 3. The van der Waals surface area contributed by atoms with Crippen LogP contribution < -0.4 is 26.8 Å². The largest absolute Gasteiger partial charge is 0.354 e. The molecule has 9 heteroatoms. The normalized spacial score (nSPS) is 11.7. The molecule has 0 aliphatic rings. The Labute approximate surface area is 118 Å². The van der Waals surface area contributed by atoms with Crippen molar-refractivity contribution in [3.8, 4) is 0 Å². The van der Waals surface area contributed by atoms with Crippen molar-refractivity contribution in [3.63, 3.8) is 0 Å². The van der Waals surface area contributed by atoms with Crippen molar-refractivity contribution in [2.45, 2.75) is 26.3 Å². The molecule has 1 heterocycles. The molecule has 1 atom stereocenters. The molecule has 1 rings (SSSR count). The van der Waals surface area contributed by atoms with Crippen molar-refractivity contribution < 1.29 is 4.79 Å². The maximum absolute atomic E-state index is 11.8. The fourth-order valence-corrected chi connectivity index (χ4v) is 1.35. The Bertz CT molecular complexity index is 450. The Balaban J connectivity index is 2.80. The van der Waals surface area contributed by atoms with Gasteiger partial charge < -0.3 is 15.5 Å². The molecule has 5 N–H and O–H groups in total. The molecule has 0 aromatic carbocycles. The molecule has 0 bridgehead atoms. The zero-order chi connectivity index (χ0) is 15.1. The minimum atomic E-state index is -0.454. The van der Waals surface area contributed by atoms with Crippen molar-refractivity contribution in [2.75, 3.05) is 36.3 Å². The topological polar surface area (TPSA) is 121 Å². The van der Waals surface area contributed by atoms with E-state index in [1.807, 2.05) is 6.92 Å². The SMILES string of the molecule is CCCNC(=O)C(C)Nc1nc(NN)nc(N(C)C)n1. The highest BCUT2D eigenvalue weighted by Crippen LogP contribution is 2.11. The Morgan fingerprint density at radius 2 is 1.95 bits per heavy atom. The molecule has 0 saturated carbocycles. The Hall–Kier alpha value is -2.16. The average Bonchev–Trinajstić information content (AvgIpc) is 2.43. The first kappa shape index (κ1) is 15.9. The molecule has 112 valence electrons. The summed E-state index contributed by atoms with van der Waals surface area (Å²) in [6.07, 6.45) is 0.885. The first-order valence-corrected chi connectivity index (χ1v) is 6.42. The fourth-order valence-electron chi connectivity index (χ4n) is 1.35. The summed E-state index contributed by atoms with van der Waals surface area (Å²) in [5, 5.41) is 5.72. The van der Waals surface area contributed by atoms with Gasteiger partial charge in [0.15, 0.2) is 0 Å². The summed E-state index contributed by atoms with van der Waals surface area (Å²) in [7, 11) is 3.60. The number of nitrogens with one attached hydrogen (secondary N) is 3. The molecule has 0 spiro atoms. The number of hydrogen-bond donors (Lipinski definition) is 4. The van der Waals surface area contributed by atoms with Gasteiger partial charge in [-0.2, -0.15) is 15.0 Å². The lowest BCUT2D eigenvalue weighted by Crippen LogP contribution is -2.38. The van der Waals surface area contributed by atoms with E-state index in [1.54, 1.807) is 25.9 Å². The zero-order valence-electron chi connectivity index (χ0n) is 12.3.